The Morgan fingerprint density at radius 3 is 2.56 bits per heavy atom. The Hall–Kier alpha value is -0.990. The molecule has 100 valence electrons. The summed E-state index contributed by atoms with van der Waals surface area (Å²) in [6, 6.07) is 6.67. The second kappa shape index (κ2) is 6.26. The summed E-state index contributed by atoms with van der Waals surface area (Å²) in [6.45, 7) is 5.49. The fraction of sp³-hybridized carbons (Fsp3) is 0.467. The molecule has 1 aromatic carbocycles. The third-order valence-corrected chi connectivity index (χ3v) is 3.31. The van der Waals surface area contributed by atoms with Crippen molar-refractivity contribution in [1.82, 2.24) is 9.88 Å². The van der Waals surface area contributed by atoms with Crippen LogP contribution < -0.4 is 0 Å². The predicted octanol–water partition coefficient (Wildman–Crippen LogP) is 3.56. The molecule has 2 rings (SSSR count). The van der Waals surface area contributed by atoms with Crippen molar-refractivity contribution in [2.45, 2.75) is 26.7 Å². The van der Waals surface area contributed by atoms with E-state index in [0.29, 0.717) is 0 Å². The van der Waals surface area contributed by atoms with Crippen LogP contribution in [0.5, 0.6) is 0 Å². The molecule has 0 bridgehead atoms. The molecule has 0 saturated carbocycles. The summed E-state index contributed by atoms with van der Waals surface area (Å²) in [4.78, 5) is 5.80. The molecule has 0 atom stereocenters. The van der Waals surface area contributed by atoms with E-state index in [9.17, 15) is 0 Å². The lowest BCUT2D eigenvalue weighted by Gasteiger charge is -2.09. The highest BCUT2D eigenvalue weighted by Crippen LogP contribution is 2.24. The van der Waals surface area contributed by atoms with Gasteiger partial charge in [-0.15, -0.1) is 12.4 Å². The molecular formula is C15H23ClN2. The van der Waals surface area contributed by atoms with E-state index < -0.39 is 0 Å². The molecule has 0 aliphatic heterocycles. The summed E-state index contributed by atoms with van der Waals surface area (Å²) in [5, 5.41) is 1.40. The van der Waals surface area contributed by atoms with Crippen molar-refractivity contribution in [3.63, 3.8) is 0 Å². The maximum atomic E-state index is 3.57. The number of rotatable bonds is 4. The van der Waals surface area contributed by atoms with E-state index in [4.69, 9.17) is 0 Å². The normalized spacial score (nSPS) is 10.9. The summed E-state index contributed by atoms with van der Waals surface area (Å²) in [5.74, 6) is 0. The fourth-order valence-corrected chi connectivity index (χ4v) is 2.37. The lowest BCUT2D eigenvalue weighted by molar-refractivity contribution is 0.411. The highest BCUT2D eigenvalue weighted by molar-refractivity contribution is 5.85. The van der Waals surface area contributed by atoms with E-state index in [0.717, 1.165) is 19.4 Å². The summed E-state index contributed by atoms with van der Waals surface area (Å²) in [5.41, 5.74) is 5.51. The Morgan fingerprint density at radius 2 is 1.94 bits per heavy atom. The lowest BCUT2D eigenvalue weighted by atomic mass is 10.0. The molecule has 1 aromatic heterocycles. The summed E-state index contributed by atoms with van der Waals surface area (Å²) >= 11 is 0. The van der Waals surface area contributed by atoms with Gasteiger partial charge in [-0.25, -0.2) is 0 Å². The highest BCUT2D eigenvalue weighted by atomic mass is 35.5. The second-order valence-electron chi connectivity index (χ2n) is 5.04. The van der Waals surface area contributed by atoms with Crippen LogP contribution >= 0.6 is 12.4 Å². The van der Waals surface area contributed by atoms with Crippen molar-refractivity contribution in [1.29, 1.82) is 0 Å². The van der Waals surface area contributed by atoms with Gasteiger partial charge in [0.2, 0.25) is 0 Å². The van der Waals surface area contributed by atoms with Crippen LogP contribution in [-0.2, 0) is 12.8 Å². The predicted molar refractivity (Wildman–Crippen MR) is 81.9 cm³/mol. The Balaban J connectivity index is 0.00000162. The molecular weight excluding hydrogens is 244 g/mol. The van der Waals surface area contributed by atoms with E-state index in [-0.39, 0.29) is 12.4 Å². The number of likely N-dealkylation sites (N-methyl/N-ethyl adjacent to an activating group) is 1. The van der Waals surface area contributed by atoms with E-state index in [1.54, 1.807) is 0 Å². The molecule has 18 heavy (non-hydrogen) atoms. The SMILES string of the molecule is CCc1c(CCN(C)C)[nH]c2ccc(C)cc12.Cl. The minimum absolute atomic E-state index is 0. The highest BCUT2D eigenvalue weighted by Gasteiger charge is 2.09. The number of halogens is 1. The van der Waals surface area contributed by atoms with Gasteiger partial charge >= 0.3 is 0 Å². The Labute approximate surface area is 116 Å². The van der Waals surface area contributed by atoms with Gasteiger partial charge in [-0.1, -0.05) is 18.6 Å². The molecule has 2 nitrogen and oxygen atoms in total. The van der Waals surface area contributed by atoms with Gasteiger partial charge in [0.05, 0.1) is 0 Å². The molecule has 0 aliphatic carbocycles. The standard InChI is InChI=1S/C15H22N2.ClH/c1-5-12-13-10-11(2)6-7-14(13)16-15(12)8-9-17(3)4;/h6-7,10,16H,5,8-9H2,1-4H3;1H. The van der Waals surface area contributed by atoms with Crippen LogP contribution in [0.1, 0.15) is 23.7 Å². The Bertz CT molecular complexity index is 514. The zero-order valence-electron chi connectivity index (χ0n) is 11.7. The number of nitrogens with one attached hydrogen (secondary N) is 1. The van der Waals surface area contributed by atoms with Crippen LogP contribution in [0.2, 0.25) is 0 Å². The fourth-order valence-electron chi connectivity index (χ4n) is 2.37. The molecule has 1 heterocycles. The van der Waals surface area contributed by atoms with Gasteiger partial charge in [-0.2, -0.15) is 0 Å². The average Bonchev–Trinajstić information content (AvgIpc) is 2.63. The van der Waals surface area contributed by atoms with Gasteiger partial charge in [0.25, 0.3) is 0 Å². The number of hydrogen-bond donors (Lipinski definition) is 1. The van der Waals surface area contributed by atoms with Crippen LogP contribution in [0.3, 0.4) is 0 Å². The van der Waals surface area contributed by atoms with Crippen LogP contribution in [0, 0.1) is 6.92 Å². The number of nitrogens with zero attached hydrogens (tertiary/aromatic N) is 1. The Kier molecular flexibility index (Phi) is 5.24. The monoisotopic (exact) mass is 266 g/mol. The molecule has 1 N–H and O–H groups in total. The quantitative estimate of drug-likeness (QED) is 0.897. The minimum atomic E-state index is 0. The van der Waals surface area contributed by atoms with Gasteiger partial charge in [0, 0.05) is 29.6 Å². The summed E-state index contributed by atoms with van der Waals surface area (Å²) < 4.78 is 0. The third-order valence-electron chi connectivity index (χ3n) is 3.31. The number of aryl methyl sites for hydroxylation is 2. The molecule has 0 spiro atoms. The van der Waals surface area contributed by atoms with Crippen LogP contribution in [0.25, 0.3) is 10.9 Å². The van der Waals surface area contributed by atoms with Crippen LogP contribution in [0.4, 0.5) is 0 Å². The molecule has 0 radical (unpaired) electrons. The lowest BCUT2D eigenvalue weighted by Crippen LogP contribution is -2.15. The summed E-state index contributed by atoms with van der Waals surface area (Å²) in [7, 11) is 4.25. The van der Waals surface area contributed by atoms with Crippen molar-refractivity contribution >= 4 is 23.3 Å². The second-order valence-corrected chi connectivity index (χ2v) is 5.04. The van der Waals surface area contributed by atoms with Crippen molar-refractivity contribution < 1.29 is 0 Å². The van der Waals surface area contributed by atoms with Gasteiger partial charge in [0.15, 0.2) is 0 Å². The zero-order chi connectivity index (χ0) is 12.4. The molecule has 0 fully saturated rings. The molecule has 2 aromatic rings. The number of benzene rings is 1. The first-order chi connectivity index (χ1) is 8.11. The molecule has 0 aliphatic rings. The maximum Gasteiger partial charge on any atom is 0.0459 e. The van der Waals surface area contributed by atoms with Crippen molar-refractivity contribution in [3.8, 4) is 0 Å². The number of aromatic nitrogens is 1. The van der Waals surface area contributed by atoms with Crippen LogP contribution in [0.15, 0.2) is 18.2 Å². The van der Waals surface area contributed by atoms with E-state index in [2.05, 4.69) is 56.0 Å². The Morgan fingerprint density at radius 1 is 1.22 bits per heavy atom. The number of H-pyrrole nitrogens is 1. The molecule has 0 unspecified atom stereocenters. The number of hydrogen-bond acceptors (Lipinski definition) is 1. The minimum Gasteiger partial charge on any atom is -0.358 e. The number of aromatic amines is 1. The van der Waals surface area contributed by atoms with Gasteiger partial charge in [-0.3, -0.25) is 0 Å². The topological polar surface area (TPSA) is 19.0 Å². The first-order valence-electron chi connectivity index (χ1n) is 6.36. The maximum absolute atomic E-state index is 3.57. The summed E-state index contributed by atoms with van der Waals surface area (Å²) in [6.07, 6.45) is 2.20. The zero-order valence-corrected chi connectivity index (χ0v) is 12.5. The van der Waals surface area contributed by atoms with Crippen LogP contribution in [-0.4, -0.2) is 30.5 Å². The van der Waals surface area contributed by atoms with Crippen molar-refractivity contribution in [2.75, 3.05) is 20.6 Å². The molecule has 3 heteroatoms. The molecule has 0 saturated heterocycles. The largest absolute Gasteiger partial charge is 0.358 e. The van der Waals surface area contributed by atoms with Crippen molar-refractivity contribution in [2.24, 2.45) is 0 Å². The first kappa shape index (κ1) is 15.1. The number of fused-ring (bicyclic) bond motifs is 1. The van der Waals surface area contributed by atoms with E-state index in [1.165, 1.54) is 27.7 Å². The van der Waals surface area contributed by atoms with Gasteiger partial charge < -0.3 is 9.88 Å². The average molecular weight is 267 g/mol. The third kappa shape index (κ3) is 3.06. The van der Waals surface area contributed by atoms with E-state index >= 15 is 0 Å². The smallest absolute Gasteiger partial charge is 0.0459 e. The van der Waals surface area contributed by atoms with E-state index in [1.807, 2.05) is 0 Å². The van der Waals surface area contributed by atoms with Gasteiger partial charge in [0.1, 0.15) is 0 Å². The molecule has 0 amide bonds. The van der Waals surface area contributed by atoms with Crippen molar-refractivity contribution in [3.05, 3.63) is 35.0 Å². The first-order valence-corrected chi connectivity index (χ1v) is 6.36. The van der Waals surface area contributed by atoms with Gasteiger partial charge in [-0.05, 0) is 45.1 Å².